The topological polar surface area (TPSA) is 21.3 Å². The van der Waals surface area contributed by atoms with Gasteiger partial charge in [0, 0.05) is 24.4 Å². The van der Waals surface area contributed by atoms with Gasteiger partial charge in [-0.3, -0.25) is 0 Å². The number of hydrogen-bond donors (Lipinski definition) is 1. The van der Waals surface area contributed by atoms with Crippen LogP contribution in [-0.4, -0.2) is 35.8 Å². The van der Waals surface area contributed by atoms with Gasteiger partial charge >= 0.3 is 0 Å². The van der Waals surface area contributed by atoms with Crippen LogP contribution in [0.5, 0.6) is 0 Å². The Morgan fingerprint density at radius 1 is 1.18 bits per heavy atom. The molecule has 0 aromatic heterocycles. The Bertz CT molecular complexity index is 508. The molecule has 0 unspecified atom stereocenters. The lowest BCUT2D eigenvalue weighted by Gasteiger charge is -2.43. The molecule has 0 radical (unpaired) electrons. The molecule has 1 aromatic rings. The van der Waals surface area contributed by atoms with E-state index < -0.39 is 0 Å². The summed E-state index contributed by atoms with van der Waals surface area (Å²) >= 11 is 2.04. The standard InChI is InChI=1S/C18H24FNOS/c19-15-3-1-13(2-4-15)14-9-17(10-14)20-16-5-7-21-18(11-16)6-8-22-12-18/h1-4,14,16-17,20H,5-12H2/t14?,16-,17?,18+/m1/s1. The number of nitrogens with one attached hydrogen (secondary N) is 1. The van der Waals surface area contributed by atoms with Gasteiger partial charge in [-0.05, 0) is 61.5 Å². The molecule has 2 aliphatic heterocycles. The number of rotatable bonds is 3. The highest BCUT2D eigenvalue weighted by atomic mass is 32.2. The third kappa shape index (κ3) is 3.06. The summed E-state index contributed by atoms with van der Waals surface area (Å²) < 4.78 is 19.1. The molecule has 0 bridgehead atoms. The minimum Gasteiger partial charge on any atom is -0.374 e. The molecule has 0 amide bonds. The number of thioether (sulfide) groups is 1. The molecule has 1 saturated carbocycles. The SMILES string of the molecule is Fc1ccc(C2CC(N[C@@H]3CCO[C@@]4(CCSC4)C3)C2)cc1. The average Bonchev–Trinajstić information content (AvgIpc) is 2.92. The van der Waals surface area contributed by atoms with Gasteiger partial charge in [0.05, 0.1) is 5.60 Å². The van der Waals surface area contributed by atoms with Crippen molar-refractivity contribution in [3.63, 3.8) is 0 Å². The maximum atomic E-state index is 13.0. The number of ether oxygens (including phenoxy) is 1. The van der Waals surface area contributed by atoms with Crippen LogP contribution in [0, 0.1) is 5.82 Å². The van der Waals surface area contributed by atoms with Crippen LogP contribution in [0.1, 0.15) is 43.6 Å². The van der Waals surface area contributed by atoms with E-state index in [1.54, 1.807) is 12.1 Å². The second-order valence-electron chi connectivity index (χ2n) is 7.11. The molecule has 4 rings (SSSR count). The minimum atomic E-state index is -0.139. The number of halogens is 1. The Balaban J connectivity index is 1.28. The van der Waals surface area contributed by atoms with Crippen molar-refractivity contribution in [1.82, 2.24) is 5.32 Å². The summed E-state index contributed by atoms with van der Waals surface area (Å²) in [7, 11) is 0. The van der Waals surface area contributed by atoms with E-state index in [4.69, 9.17) is 4.74 Å². The molecular formula is C18H24FNOS. The van der Waals surface area contributed by atoms with Crippen LogP contribution in [0.25, 0.3) is 0 Å². The monoisotopic (exact) mass is 321 g/mol. The van der Waals surface area contributed by atoms with Crippen molar-refractivity contribution in [2.45, 2.75) is 55.7 Å². The zero-order valence-corrected chi connectivity index (χ0v) is 13.7. The van der Waals surface area contributed by atoms with Crippen molar-refractivity contribution in [1.29, 1.82) is 0 Å². The van der Waals surface area contributed by atoms with Crippen molar-refractivity contribution in [3.05, 3.63) is 35.6 Å². The van der Waals surface area contributed by atoms with Gasteiger partial charge in [-0.2, -0.15) is 11.8 Å². The normalized spacial score (nSPS) is 38.1. The predicted molar refractivity (Wildman–Crippen MR) is 88.9 cm³/mol. The molecule has 120 valence electrons. The molecule has 1 N–H and O–H groups in total. The predicted octanol–water partition coefficient (Wildman–Crippen LogP) is 3.72. The van der Waals surface area contributed by atoms with Crippen LogP contribution >= 0.6 is 11.8 Å². The van der Waals surface area contributed by atoms with E-state index in [1.807, 2.05) is 23.9 Å². The van der Waals surface area contributed by atoms with Crippen LogP contribution in [0.15, 0.2) is 24.3 Å². The highest BCUT2D eigenvalue weighted by molar-refractivity contribution is 7.99. The van der Waals surface area contributed by atoms with Crippen LogP contribution in [-0.2, 0) is 4.74 Å². The highest BCUT2D eigenvalue weighted by Crippen LogP contribution is 2.41. The molecule has 2 saturated heterocycles. The fraction of sp³-hybridized carbons (Fsp3) is 0.667. The smallest absolute Gasteiger partial charge is 0.123 e. The summed E-state index contributed by atoms with van der Waals surface area (Å²) in [5.74, 6) is 2.89. The number of hydrogen-bond acceptors (Lipinski definition) is 3. The molecule has 1 spiro atoms. The van der Waals surface area contributed by atoms with E-state index in [2.05, 4.69) is 5.32 Å². The lowest BCUT2D eigenvalue weighted by atomic mass is 9.75. The summed E-state index contributed by atoms with van der Waals surface area (Å²) in [4.78, 5) is 0. The third-order valence-electron chi connectivity index (χ3n) is 5.51. The summed E-state index contributed by atoms with van der Waals surface area (Å²) in [6.45, 7) is 0.909. The van der Waals surface area contributed by atoms with Gasteiger partial charge in [0.25, 0.3) is 0 Å². The van der Waals surface area contributed by atoms with E-state index in [-0.39, 0.29) is 11.4 Å². The van der Waals surface area contributed by atoms with E-state index >= 15 is 0 Å². The fourth-order valence-electron chi connectivity index (χ4n) is 4.13. The molecule has 22 heavy (non-hydrogen) atoms. The first-order valence-electron chi connectivity index (χ1n) is 8.46. The van der Waals surface area contributed by atoms with Gasteiger partial charge in [0.2, 0.25) is 0 Å². The van der Waals surface area contributed by atoms with Crippen molar-refractivity contribution in [2.75, 3.05) is 18.1 Å². The van der Waals surface area contributed by atoms with E-state index in [1.165, 1.54) is 42.8 Å². The number of benzene rings is 1. The Kier molecular flexibility index (Phi) is 4.18. The molecule has 2 heterocycles. The van der Waals surface area contributed by atoms with Gasteiger partial charge in [-0.25, -0.2) is 4.39 Å². The molecular weight excluding hydrogens is 297 g/mol. The third-order valence-corrected chi connectivity index (χ3v) is 6.73. The minimum absolute atomic E-state index is 0.139. The second kappa shape index (κ2) is 6.14. The van der Waals surface area contributed by atoms with Crippen LogP contribution in [0.4, 0.5) is 4.39 Å². The second-order valence-corrected chi connectivity index (χ2v) is 8.21. The highest BCUT2D eigenvalue weighted by Gasteiger charge is 2.41. The van der Waals surface area contributed by atoms with Crippen LogP contribution in [0.3, 0.4) is 0 Å². The van der Waals surface area contributed by atoms with Crippen molar-refractivity contribution in [3.8, 4) is 0 Å². The lowest BCUT2D eigenvalue weighted by Crippen LogP contribution is -2.52. The zero-order chi connectivity index (χ0) is 15.0. The maximum absolute atomic E-state index is 13.0. The summed E-state index contributed by atoms with van der Waals surface area (Å²) in [5.41, 5.74) is 1.45. The first kappa shape index (κ1) is 15.0. The van der Waals surface area contributed by atoms with Crippen molar-refractivity contribution in [2.24, 2.45) is 0 Å². The maximum Gasteiger partial charge on any atom is 0.123 e. The molecule has 3 aliphatic rings. The van der Waals surface area contributed by atoms with Crippen molar-refractivity contribution < 1.29 is 9.13 Å². The molecule has 2 nitrogen and oxygen atoms in total. The van der Waals surface area contributed by atoms with Gasteiger partial charge in [0.1, 0.15) is 5.82 Å². The van der Waals surface area contributed by atoms with E-state index in [0.717, 1.165) is 13.0 Å². The van der Waals surface area contributed by atoms with Crippen molar-refractivity contribution >= 4 is 11.8 Å². The Hall–Kier alpha value is -0.580. The molecule has 3 fully saturated rings. The fourth-order valence-corrected chi connectivity index (χ4v) is 5.51. The molecule has 1 aromatic carbocycles. The Morgan fingerprint density at radius 3 is 2.73 bits per heavy atom. The van der Waals surface area contributed by atoms with Gasteiger partial charge in [-0.15, -0.1) is 0 Å². The van der Waals surface area contributed by atoms with Gasteiger partial charge < -0.3 is 10.1 Å². The van der Waals surface area contributed by atoms with Gasteiger partial charge in [0.15, 0.2) is 0 Å². The summed E-state index contributed by atoms with van der Waals surface area (Å²) in [6.07, 6.45) is 5.91. The van der Waals surface area contributed by atoms with Crippen LogP contribution in [0.2, 0.25) is 0 Å². The molecule has 4 heteroatoms. The zero-order valence-electron chi connectivity index (χ0n) is 12.9. The van der Waals surface area contributed by atoms with E-state index in [0.29, 0.717) is 18.0 Å². The van der Waals surface area contributed by atoms with Gasteiger partial charge in [-0.1, -0.05) is 12.1 Å². The molecule has 1 aliphatic carbocycles. The largest absolute Gasteiger partial charge is 0.374 e. The lowest BCUT2D eigenvalue weighted by molar-refractivity contribution is -0.0726. The van der Waals surface area contributed by atoms with Crippen LogP contribution < -0.4 is 5.32 Å². The summed E-state index contributed by atoms with van der Waals surface area (Å²) in [5, 5.41) is 3.85. The Labute approximate surface area is 136 Å². The quantitative estimate of drug-likeness (QED) is 0.917. The Morgan fingerprint density at radius 2 is 2.00 bits per heavy atom. The molecule has 2 atom stereocenters. The average molecular weight is 321 g/mol. The first-order valence-corrected chi connectivity index (χ1v) is 9.61. The first-order chi connectivity index (χ1) is 10.7. The summed E-state index contributed by atoms with van der Waals surface area (Å²) in [6, 6.07) is 8.28. The van der Waals surface area contributed by atoms with E-state index in [9.17, 15) is 4.39 Å².